The van der Waals surface area contributed by atoms with Crippen molar-refractivity contribution in [2.45, 2.75) is 4.90 Å². The van der Waals surface area contributed by atoms with E-state index >= 15 is 0 Å². The summed E-state index contributed by atoms with van der Waals surface area (Å²) in [7, 11) is -1.48. The third-order valence-electron chi connectivity index (χ3n) is 1.66. The highest BCUT2D eigenvalue weighted by atomic mass is 32.2. The van der Waals surface area contributed by atoms with Crippen LogP contribution < -0.4 is 5.23 Å². The van der Waals surface area contributed by atoms with Crippen molar-refractivity contribution in [3.8, 4) is 0 Å². The molecule has 0 saturated carbocycles. The molecule has 15 heavy (non-hydrogen) atoms. The van der Waals surface area contributed by atoms with Gasteiger partial charge in [-0.3, -0.25) is 14.2 Å². The molecule has 0 bridgehead atoms. The Labute approximate surface area is 87.7 Å². The molecule has 84 valence electrons. The first-order valence-corrected chi connectivity index (χ1v) is 5.39. The lowest BCUT2D eigenvalue weighted by Crippen LogP contribution is -2.19. The van der Waals surface area contributed by atoms with Crippen LogP contribution in [0.3, 0.4) is 0 Å². The first kappa shape index (κ1) is 11.9. The fraction of sp³-hybridized carbons (Fsp3) is 0.250. The van der Waals surface area contributed by atoms with Crippen molar-refractivity contribution in [3.05, 3.63) is 24.3 Å². The Morgan fingerprint density at radius 2 is 1.87 bits per heavy atom. The average Bonchev–Trinajstić information content (AvgIpc) is 2.19. The van der Waals surface area contributed by atoms with Crippen LogP contribution in [-0.4, -0.2) is 27.2 Å². The molecule has 0 aliphatic rings. The van der Waals surface area contributed by atoms with Crippen LogP contribution in [0.2, 0.25) is 0 Å². The Morgan fingerprint density at radius 3 is 2.33 bits per heavy atom. The van der Waals surface area contributed by atoms with E-state index in [1.54, 1.807) is 6.07 Å². The number of hydrogen-bond acceptors (Lipinski definition) is 5. The summed E-state index contributed by atoms with van der Waals surface area (Å²) in [6, 6.07) is 5.52. The van der Waals surface area contributed by atoms with E-state index in [2.05, 4.69) is 0 Å². The zero-order chi connectivity index (χ0) is 11.5. The van der Waals surface area contributed by atoms with Gasteiger partial charge in [-0.25, -0.2) is 0 Å². The van der Waals surface area contributed by atoms with Gasteiger partial charge in [-0.15, -0.1) is 5.23 Å². The normalized spacial score (nSPS) is 11.4. The summed E-state index contributed by atoms with van der Waals surface area (Å²) in [5.74, 6) is 0. The highest BCUT2D eigenvalue weighted by Crippen LogP contribution is 2.19. The van der Waals surface area contributed by atoms with Gasteiger partial charge in [0, 0.05) is 0 Å². The van der Waals surface area contributed by atoms with E-state index < -0.39 is 10.1 Å². The van der Waals surface area contributed by atoms with E-state index in [9.17, 15) is 8.42 Å². The maximum atomic E-state index is 10.8. The molecule has 0 aliphatic carbocycles. The molecule has 1 aromatic carbocycles. The summed E-state index contributed by atoms with van der Waals surface area (Å²) in [4.78, 5) is 9.35. The molecular formula is C8H11NO5S. The molecule has 0 atom stereocenters. The predicted octanol–water partition coefficient (Wildman–Crippen LogP) is 0.863. The van der Waals surface area contributed by atoms with Gasteiger partial charge in [-0.1, -0.05) is 6.07 Å². The van der Waals surface area contributed by atoms with Crippen molar-refractivity contribution in [3.63, 3.8) is 0 Å². The molecule has 6 nitrogen and oxygen atoms in total. The summed E-state index contributed by atoms with van der Waals surface area (Å²) in [6.45, 7) is 0. The van der Waals surface area contributed by atoms with Crippen LogP contribution in [0.5, 0.6) is 0 Å². The molecule has 1 N–H and O–H groups in total. The van der Waals surface area contributed by atoms with Gasteiger partial charge in [0.2, 0.25) is 0 Å². The Bertz CT molecular complexity index is 426. The van der Waals surface area contributed by atoms with Crippen LogP contribution in [0.1, 0.15) is 0 Å². The van der Waals surface area contributed by atoms with Crippen LogP contribution in [0.15, 0.2) is 29.2 Å². The lowest BCUT2D eigenvalue weighted by atomic mass is 10.3. The van der Waals surface area contributed by atoms with E-state index in [1.165, 1.54) is 32.4 Å². The van der Waals surface area contributed by atoms with Gasteiger partial charge in [-0.2, -0.15) is 8.42 Å². The van der Waals surface area contributed by atoms with E-state index in [0.717, 1.165) is 5.23 Å². The van der Waals surface area contributed by atoms with Gasteiger partial charge >= 0.3 is 0 Å². The smallest absolute Gasteiger partial charge is 0.282 e. The minimum absolute atomic E-state index is 0.223. The van der Waals surface area contributed by atoms with Gasteiger partial charge < -0.3 is 0 Å². The number of nitrogens with zero attached hydrogens (tertiary/aromatic N) is 1. The van der Waals surface area contributed by atoms with Crippen molar-refractivity contribution in [1.29, 1.82) is 0 Å². The summed E-state index contributed by atoms with van der Waals surface area (Å²) < 4.78 is 30.5. The van der Waals surface area contributed by atoms with Crippen molar-refractivity contribution < 1.29 is 22.6 Å². The van der Waals surface area contributed by atoms with Crippen LogP contribution in [0.4, 0.5) is 5.69 Å². The molecule has 0 amide bonds. The minimum atomic E-state index is -4.21. The second-order valence-electron chi connectivity index (χ2n) is 2.59. The molecule has 0 spiro atoms. The summed E-state index contributed by atoms with van der Waals surface area (Å²) in [5, 5.41) is 1.01. The molecule has 0 radical (unpaired) electrons. The van der Waals surface area contributed by atoms with Crippen molar-refractivity contribution in [2.75, 3.05) is 19.4 Å². The molecule has 0 unspecified atom stereocenters. The minimum Gasteiger partial charge on any atom is -0.282 e. The van der Waals surface area contributed by atoms with Crippen LogP contribution in [0.25, 0.3) is 0 Å². The number of anilines is 1. The highest BCUT2D eigenvalue weighted by Gasteiger charge is 2.12. The summed E-state index contributed by atoms with van der Waals surface area (Å²) >= 11 is 0. The second-order valence-corrected chi connectivity index (χ2v) is 4.02. The van der Waals surface area contributed by atoms with Gasteiger partial charge in [0.05, 0.1) is 24.8 Å². The van der Waals surface area contributed by atoms with Crippen molar-refractivity contribution in [1.82, 2.24) is 0 Å². The second kappa shape index (κ2) is 4.58. The van der Waals surface area contributed by atoms with Crippen LogP contribution in [-0.2, 0) is 19.8 Å². The number of rotatable bonds is 4. The lowest BCUT2D eigenvalue weighted by molar-refractivity contribution is -0.0433. The third-order valence-corrected chi connectivity index (χ3v) is 2.51. The standard InChI is InChI=1S/C8H11NO5S/c1-13-9(14-2)7-4-3-5-8(6-7)15(10,11)12/h3-6H,1-2H3,(H,10,11,12). The molecule has 1 aromatic rings. The Balaban J connectivity index is 3.13. The highest BCUT2D eigenvalue weighted by molar-refractivity contribution is 7.85. The fourth-order valence-corrected chi connectivity index (χ4v) is 1.56. The van der Waals surface area contributed by atoms with Gasteiger partial charge in [0.15, 0.2) is 0 Å². The SMILES string of the molecule is CON(OC)c1cccc(S(=O)(=O)O)c1. The third kappa shape index (κ3) is 2.90. The van der Waals surface area contributed by atoms with E-state index in [0.29, 0.717) is 5.69 Å². The Morgan fingerprint density at radius 1 is 1.27 bits per heavy atom. The van der Waals surface area contributed by atoms with Gasteiger partial charge in [-0.05, 0) is 18.2 Å². The van der Waals surface area contributed by atoms with Crippen LogP contribution >= 0.6 is 0 Å². The maximum Gasteiger partial charge on any atom is 0.294 e. The fourth-order valence-electron chi connectivity index (χ4n) is 1.04. The molecule has 0 aliphatic heterocycles. The van der Waals surface area contributed by atoms with Crippen molar-refractivity contribution >= 4 is 15.8 Å². The topological polar surface area (TPSA) is 76.1 Å². The van der Waals surface area contributed by atoms with E-state index in [1.807, 2.05) is 0 Å². The monoisotopic (exact) mass is 233 g/mol. The average molecular weight is 233 g/mol. The molecular weight excluding hydrogens is 222 g/mol. The lowest BCUT2D eigenvalue weighted by Gasteiger charge is -2.18. The number of benzene rings is 1. The van der Waals surface area contributed by atoms with Crippen LogP contribution in [0, 0.1) is 0 Å². The zero-order valence-corrected chi connectivity index (χ0v) is 9.06. The summed E-state index contributed by atoms with van der Waals surface area (Å²) in [6.07, 6.45) is 0. The quantitative estimate of drug-likeness (QED) is 0.614. The van der Waals surface area contributed by atoms with Gasteiger partial charge in [0.1, 0.15) is 0 Å². The summed E-state index contributed by atoms with van der Waals surface area (Å²) in [5.41, 5.74) is 0.357. The zero-order valence-electron chi connectivity index (χ0n) is 8.25. The predicted molar refractivity (Wildman–Crippen MR) is 52.8 cm³/mol. The molecule has 0 heterocycles. The first-order valence-electron chi connectivity index (χ1n) is 3.95. The van der Waals surface area contributed by atoms with E-state index in [4.69, 9.17) is 14.2 Å². The molecule has 7 heteroatoms. The molecule has 1 rings (SSSR count). The number of hydrogen-bond donors (Lipinski definition) is 1. The maximum absolute atomic E-state index is 10.8. The molecule has 0 aromatic heterocycles. The van der Waals surface area contributed by atoms with Gasteiger partial charge in [0.25, 0.3) is 10.1 Å². The first-order chi connectivity index (χ1) is 6.99. The molecule has 0 fully saturated rings. The molecule has 0 saturated heterocycles. The Kier molecular flexibility index (Phi) is 3.64. The van der Waals surface area contributed by atoms with E-state index in [-0.39, 0.29) is 4.90 Å². The van der Waals surface area contributed by atoms with Crippen molar-refractivity contribution in [2.24, 2.45) is 0 Å². The largest absolute Gasteiger partial charge is 0.294 e. The Hall–Kier alpha value is -1.15.